The van der Waals surface area contributed by atoms with E-state index in [2.05, 4.69) is 40.3 Å². The molecule has 25 heavy (non-hydrogen) atoms. The van der Waals surface area contributed by atoms with Gasteiger partial charge in [-0.05, 0) is 48.2 Å². The Bertz CT molecular complexity index is 791. The Hall–Kier alpha value is -2.21. The van der Waals surface area contributed by atoms with Crippen LogP contribution in [0.3, 0.4) is 0 Å². The van der Waals surface area contributed by atoms with E-state index in [1.165, 1.54) is 12.3 Å². The standard InChI is InChI=1S/C19H20BrFN2O2/c1-12(2)16-6-4-13(3)8-18(16)25-11-19(24)23-22-10-14-9-15(20)5-7-17(14)21/h4-10,12H,11H2,1-3H3,(H,23,24)/b22-10-. The Morgan fingerprint density at radius 1 is 1.32 bits per heavy atom. The van der Waals surface area contributed by atoms with Gasteiger partial charge in [0.25, 0.3) is 5.91 Å². The van der Waals surface area contributed by atoms with Crippen molar-refractivity contribution < 1.29 is 13.9 Å². The van der Waals surface area contributed by atoms with Crippen molar-refractivity contribution in [3.63, 3.8) is 0 Å². The lowest BCUT2D eigenvalue weighted by Crippen LogP contribution is -2.25. The smallest absolute Gasteiger partial charge is 0.277 e. The van der Waals surface area contributed by atoms with E-state index in [0.717, 1.165) is 15.6 Å². The molecule has 0 heterocycles. The molecule has 1 N–H and O–H groups in total. The molecule has 0 radical (unpaired) electrons. The molecular formula is C19H20BrFN2O2. The minimum Gasteiger partial charge on any atom is -0.483 e. The van der Waals surface area contributed by atoms with Crippen LogP contribution >= 0.6 is 15.9 Å². The fourth-order valence-electron chi connectivity index (χ4n) is 2.21. The fourth-order valence-corrected chi connectivity index (χ4v) is 2.59. The molecule has 0 aliphatic carbocycles. The molecule has 1 amide bonds. The Labute approximate surface area is 155 Å². The van der Waals surface area contributed by atoms with Crippen molar-refractivity contribution in [3.8, 4) is 5.75 Å². The summed E-state index contributed by atoms with van der Waals surface area (Å²) in [5, 5.41) is 3.77. The average Bonchev–Trinajstić information content (AvgIpc) is 2.56. The molecule has 0 atom stereocenters. The molecule has 0 unspecified atom stereocenters. The van der Waals surface area contributed by atoms with Gasteiger partial charge in [-0.2, -0.15) is 5.10 Å². The first kappa shape index (κ1) is 19.1. The zero-order valence-corrected chi connectivity index (χ0v) is 15.9. The van der Waals surface area contributed by atoms with Gasteiger partial charge in [-0.3, -0.25) is 4.79 Å². The summed E-state index contributed by atoms with van der Waals surface area (Å²) >= 11 is 3.26. The topological polar surface area (TPSA) is 50.7 Å². The van der Waals surface area contributed by atoms with Gasteiger partial charge in [0.2, 0.25) is 0 Å². The summed E-state index contributed by atoms with van der Waals surface area (Å²) in [4.78, 5) is 11.9. The van der Waals surface area contributed by atoms with Crippen LogP contribution < -0.4 is 10.2 Å². The van der Waals surface area contributed by atoms with E-state index in [1.54, 1.807) is 12.1 Å². The summed E-state index contributed by atoms with van der Waals surface area (Å²) in [6.45, 7) is 5.93. The van der Waals surface area contributed by atoms with E-state index < -0.39 is 11.7 Å². The first-order valence-corrected chi connectivity index (χ1v) is 8.66. The molecule has 0 aliphatic heterocycles. The SMILES string of the molecule is Cc1ccc(C(C)C)c(OCC(=O)N/N=C\c2cc(Br)ccc2F)c1. The third-order valence-corrected chi connectivity index (χ3v) is 3.99. The lowest BCUT2D eigenvalue weighted by molar-refractivity contribution is -0.123. The quantitative estimate of drug-likeness (QED) is 0.564. The van der Waals surface area contributed by atoms with Crippen molar-refractivity contribution in [2.75, 3.05) is 6.61 Å². The van der Waals surface area contributed by atoms with Gasteiger partial charge < -0.3 is 4.74 Å². The van der Waals surface area contributed by atoms with E-state index in [-0.39, 0.29) is 18.1 Å². The van der Waals surface area contributed by atoms with Crippen LogP contribution in [0, 0.1) is 12.7 Å². The minimum absolute atomic E-state index is 0.165. The van der Waals surface area contributed by atoms with Crippen LogP contribution in [0.5, 0.6) is 5.75 Å². The molecule has 0 spiro atoms. The molecule has 4 nitrogen and oxygen atoms in total. The summed E-state index contributed by atoms with van der Waals surface area (Å²) in [5.74, 6) is 0.144. The first-order chi connectivity index (χ1) is 11.9. The van der Waals surface area contributed by atoms with Crippen LogP contribution in [-0.4, -0.2) is 18.7 Å². The highest BCUT2D eigenvalue weighted by molar-refractivity contribution is 9.10. The predicted molar refractivity (Wildman–Crippen MR) is 101 cm³/mol. The molecule has 2 aromatic rings. The monoisotopic (exact) mass is 406 g/mol. The Morgan fingerprint density at radius 2 is 2.08 bits per heavy atom. The number of benzene rings is 2. The number of hydrazone groups is 1. The number of hydrogen-bond donors (Lipinski definition) is 1. The third-order valence-electron chi connectivity index (χ3n) is 3.50. The van der Waals surface area contributed by atoms with Crippen LogP contribution in [0.1, 0.15) is 36.5 Å². The van der Waals surface area contributed by atoms with E-state index in [0.29, 0.717) is 5.75 Å². The van der Waals surface area contributed by atoms with Crippen LogP contribution in [0.2, 0.25) is 0 Å². The zero-order chi connectivity index (χ0) is 18.4. The number of ether oxygens (including phenoxy) is 1. The summed E-state index contributed by atoms with van der Waals surface area (Å²) in [6.07, 6.45) is 1.25. The Kier molecular flexibility index (Phi) is 6.70. The molecule has 2 rings (SSSR count). The number of rotatable bonds is 6. The highest BCUT2D eigenvalue weighted by Crippen LogP contribution is 2.27. The van der Waals surface area contributed by atoms with Gasteiger partial charge >= 0.3 is 0 Å². The molecule has 0 saturated carbocycles. The number of amides is 1. The van der Waals surface area contributed by atoms with Gasteiger partial charge in [-0.15, -0.1) is 0 Å². The van der Waals surface area contributed by atoms with Crippen molar-refractivity contribution >= 4 is 28.1 Å². The summed E-state index contributed by atoms with van der Waals surface area (Å²) in [5.41, 5.74) is 4.71. The Morgan fingerprint density at radius 3 is 2.80 bits per heavy atom. The second kappa shape index (κ2) is 8.76. The van der Waals surface area contributed by atoms with Crippen LogP contribution in [0.15, 0.2) is 46.0 Å². The molecular weight excluding hydrogens is 387 g/mol. The maximum Gasteiger partial charge on any atom is 0.277 e. The number of carbonyl (C=O) groups excluding carboxylic acids is 1. The zero-order valence-electron chi connectivity index (χ0n) is 14.3. The van der Waals surface area contributed by atoms with Crippen LogP contribution in [0.4, 0.5) is 4.39 Å². The molecule has 0 bridgehead atoms. The van der Waals surface area contributed by atoms with Gasteiger partial charge in [0, 0.05) is 10.0 Å². The number of halogens is 2. The van der Waals surface area contributed by atoms with E-state index >= 15 is 0 Å². The highest BCUT2D eigenvalue weighted by Gasteiger charge is 2.10. The van der Waals surface area contributed by atoms with Crippen molar-refractivity contribution in [2.24, 2.45) is 5.10 Å². The van der Waals surface area contributed by atoms with Crippen LogP contribution in [-0.2, 0) is 4.79 Å². The average molecular weight is 407 g/mol. The summed E-state index contributed by atoms with van der Waals surface area (Å²) in [7, 11) is 0. The van der Waals surface area contributed by atoms with Crippen molar-refractivity contribution in [3.05, 3.63) is 63.4 Å². The normalized spacial score (nSPS) is 11.1. The maximum absolute atomic E-state index is 13.6. The van der Waals surface area contributed by atoms with Crippen molar-refractivity contribution in [2.45, 2.75) is 26.7 Å². The van der Waals surface area contributed by atoms with Gasteiger partial charge in [0.05, 0.1) is 6.21 Å². The molecule has 6 heteroatoms. The predicted octanol–water partition coefficient (Wildman–Crippen LogP) is 4.55. The van der Waals surface area contributed by atoms with Gasteiger partial charge in [0.15, 0.2) is 6.61 Å². The summed E-state index contributed by atoms with van der Waals surface area (Å²) < 4.78 is 19.9. The number of carbonyl (C=O) groups is 1. The second-order valence-corrected chi connectivity index (χ2v) is 6.86. The van der Waals surface area contributed by atoms with Crippen molar-refractivity contribution in [1.29, 1.82) is 0 Å². The number of hydrogen-bond acceptors (Lipinski definition) is 3. The van der Waals surface area contributed by atoms with Gasteiger partial charge in [0.1, 0.15) is 11.6 Å². The molecule has 0 aliphatic rings. The molecule has 0 fully saturated rings. The first-order valence-electron chi connectivity index (χ1n) is 7.87. The summed E-state index contributed by atoms with van der Waals surface area (Å²) in [6, 6.07) is 10.4. The Balaban J connectivity index is 1.94. The minimum atomic E-state index is -0.418. The van der Waals surface area contributed by atoms with Crippen molar-refractivity contribution in [1.82, 2.24) is 5.43 Å². The molecule has 0 aromatic heterocycles. The molecule has 132 valence electrons. The van der Waals surface area contributed by atoms with Crippen LogP contribution in [0.25, 0.3) is 0 Å². The van der Waals surface area contributed by atoms with E-state index in [9.17, 15) is 9.18 Å². The van der Waals surface area contributed by atoms with Gasteiger partial charge in [-0.25, -0.2) is 9.82 Å². The number of nitrogens with one attached hydrogen (secondary N) is 1. The number of nitrogens with zero attached hydrogens (tertiary/aromatic N) is 1. The van der Waals surface area contributed by atoms with E-state index in [4.69, 9.17) is 4.74 Å². The molecule has 2 aromatic carbocycles. The molecule has 0 saturated heterocycles. The third kappa shape index (κ3) is 5.67. The lowest BCUT2D eigenvalue weighted by Gasteiger charge is -2.14. The largest absolute Gasteiger partial charge is 0.483 e. The highest BCUT2D eigenvalue weighted by atomic mass is 79.9. The maximum atomic E-state index is 13.6. The van der Waals surface area contributed by atoms with Gasteiger partial charge in [-0.1, -0.05) is 41.9 Å². The van der Waals surface area contributed by atoms with E-state index in [1.807, 2.05) is 25.1 Å². The fraction of sp³-hybridized carbons (Fsp3) is 0.263. The lowest BCUT2D eigenvalue weighted by atomic mass is 10.0. The second-order valence-electron chi connectivity index (χ2n) is 5.94. The number of aryl methyl sites for hydroxylation is 1.